The van der Waals surface area contributed by atoms with Gasteiger partial charge in [0.05, 0.1) is 11.6 Å². The average molecular weight is 160 g/mol. The highest BCUT2D eigenvalue weighted by atomic mass is 14.8. The fraction of sp³-hybridized carbons (Fsp3) is 0.300. The molecule has 0 aliphatic heterocycles. The molecule has 0 radical (unpaired) electrons. The van der Waals surface area contributed by atoms with Gasteiger partial charge in [0.25, 0.3) is 0 Å². The summed E-state index contributed by atoms with van der Waals surface area (Å²) in [5.41, 5.74) is 4.08. The second kappa shape index (κ2) is 3.27. The van der Waals surface area contributed by atoms with E-state index in [0.29, 0.717) is 0 Å². The van der Waals surface area contributed by atoms with E-state index in [4.69, 9.17) is 5.26 Å². The van der Waals surface area contributed by atoms with Crippen molar-refractivity contribution in [1.29, 1.82) is 5.26 Å². The third kappa shape index (κ3) is 1.40. The predicted molar refractivity (Wildman–Crippen MR) is 50.2 cm³/mol. The molecule has 0 saturated carbocycles. The van der Waals surface area contributed by atoms with Crippen molar-refractivity contribution in [3.05, 3.63) is 28.8 Å². The van der Waals surface area contributed by atoms with Crippen LogP contribution in [0.1, 0.15) is 16.7 Å². The molecule has 0 unspecified atom stereocenters. The Morgan fingerprint density at radius 1 is 1.25 bits per heavy atom. The number of nitrogens with zero attached hydrogens (tertiary/aromatic N) is 1. The summed E-state index contributed by atoms with van der Waals surface area (Å²) in [5, 5.41) is 11.8. The number of anilines is 1. The van der Waals surface area contributed by atoms with Crippen molar-refractivity contribution in [2.75, 3.05) is 12.4 Å². The van der Waals surface area contributed by atoms with Gasteiger partial charge in [-0.15, -0.1) is 0 Å². The van der Waals surface area contributed by atoms with Crippen LogP contribution in [0.25, 0.3) is 0 Å². The first-order valence-electron chi connectivity index (χ1n) is 3.88. The molecular formula is C10H12N2. The topological polar surface area (TPSA) is 35.8 Å². The molecule has 0 heterocycles. The Kier molecular flexibility index (Phi) is 2.35. The van der Waals surface area contributed by atoms with Crippen LogP contribution in [0.5, 0.6) is 0 Å². The molecular weight excluding hydrogens is 148 g/mol. The van der Waals surface area contributed by atoms with Crippen molar-refractivity contribution in [1.82, 2.24) is 0 Å². The predicted octanol–water partition coefficient (Wildman–Crippen LogP) is 2.22. The van der Waals surface area contributed by atoms with Crippen molar-refractivity contribution in [3.8, 4) is 6.07 Å². The zero-order valence-corrected chi connectivity index (χ0v) is 7.60. The number of nitriles is 1. The Balaban J connectivity index is 3.30. The van der Waals surface area contributed by atoms with Crippen LogP contribution in [-0.2, 0) is 0 Å². The number of hydrogen-bond donors (Lipinski definition) is 1. The van der Waals surface area contributed by atoms with E-state index in [9.17, 15) is 0 Å². The summed E-state index contributed by atoms with van der Waals surface area (Å²) in [5.74, 6) is 0. The van der Waals surface area contributed by atoms with Crippen LogP contribution in [0.4, 0.5) is 5.69 Å². The quantitative estimate of drug-likeness (QED) is 0.683. The first-order valence-corrected chi connectivity index (χ1v) is 3.88. The number of benzene rings is 1. The van der Waals surface area contributed by atoms with Crippen LogP contribution in [0, 0.1) is 25.2 Å². The molecule has 0 atom stereocenters. The maximum absolute atomic E-state index is 8.68. The standard InChI is InChI=1S/C10H12N2/c1-7-4-9(6-11)5-8(2)10(7)12-3/h4-5,12H,1-3H3. The summed E-state index contributed by atoms with van der Waals surface area (Å²) in [6.07, 6.45) is 0. The van der Waals surface area contributed by atoms with Crippen molar-refractivity contribution in [3.63, 3.8) is 0 Å². The molecule has 0 aliphatic carbocycles. The van der Waals surface area contributed by atoms with Gasteiger partial charge < -0.3 is 5.32 Å². The first-order chi connectivity index (χ1) is 5.69. The van der Waals surface area contributed by atoms with Gasteiger partial charge in [-0.25, -0.2) is 0 Å². The number of aryl methyl sites for hydroxylation is 2. The Morgan fingerprint density at radius 2 is 1.75 bits per heavy atom. The molecule has 1 aromatic rings. The molecule has 2 nitrogen and oxygen atoms in total. The lowest BCUT2D eigenvalue weighted by atomic mass is 10.1. The molecule has 62 valence electrons. The maximum Gasteiger partial charge on any atom is 0.0991 e. The van der Waals surface area contributed by atoms with E-state index in [1.54, 1.807) is 0 Å². The molecule has 0 aliphatic rings. The molecule has 0 bridgehead atoms. The second-order valence-electron chi connectivity index (χ2n) is 2.85. The minimum atomic E-state index is 0.726. The van der Waals surface area contributed by atoms with Gasteiger partial charge in [0.1, 0.15) is 0 Å². The van der Waals surface area contributed by atoms with Crippen molar-refractivity contribution < 1.29 is 0 Å². The van der Waals surface area contributed by atoms with Gasteiger partial charge in [-0.2, -0.15) is 5.26 Å². The van der Waals surface area contributed by atoms with Gasteiger partial charge in [-0.05, 0) is 37.1 Å². The van der Waals surface area contributed by atoms with Gasteiger partial charge in [-0.1, -0.05) is 0 Å². The zero-order valence-electron chi connectivity index (χ0n) is 7.60. The van der Waals surface area contributed by atoms with Gasteiger partial charge in [0.15, 0.2) is 0 Å². The molecule has 1 aromatic carbocycles. The third-order valence-electron chi connectivity index (χ3n) is 1.91. The monoisotopic (exact) mass is 160 g/mol. The molecule has 1 N–H and O–H groups in total. The van der Waals surface area contributed by atoms with Crippen molar-refractivity contribution in [2.24, 2.45) is 0 Å². The molecule has 0 fully saturated rings. The van der Waals surface area contributed by atoms with Gasteiger partial charge in [0.2, 0.25) is 0 Å². The Hall–Kier alpha value is -1.49. The summed E-state index contributed by atoms with van der Waals surface area (Å²) in [6, 6.07) is 5.91. The van der Waals surface area contributed by atoms with E-state index in [-0.39, 0.29) is 0 Å². The first kappa shape index (κ1) is 8.61. The van der Waals surface area contributed by atoms with E-state index in [2.05, 4.69) is 11.4 Å². The molecule has 0 spiro atoms. The van der Waals surface area contributed by atoms with Crippen LogP contribution in [0.3, 0.4) is 0 Å². The normalized spacial score (nSPS) is 9.17. The molecule has 0 amide bonds. The van der Waals surface area contributed by atoms with E-state index in [0.717, 1.165) is 22.4 Å². The van der Waals surface area contributed by atoms with E-state index >= 15 is 0 Å². The highest BCUT2D eigenvalue weighted by Crippen LogP contribution is 2.20. The van der Waals surface area contributed by atoms with Crippen LogP contribution in [-0.4, -0.2) is 7.05 Å². The minimum Gasteiger partial charge on any atom is -0.388 e. The lowest BCUT2D eigenvalue weighted by molar-refractivity contribution is 1.32. The fourth-order valence-corrected chi connectivity index (χ4v) is 1.42. The van der Waals surface area contributed by atoms with Crippen LogP contribution < -0.4 is 5.32 Å². The lowest BCUT2D eigenvalue weighted by Crippen LogP contribution is -1.95. The molecule has 0 aromatic heterocycles. The van der Waals surface area contributed by atoms with Gasteiger partial charge in [0, 0.05) is 12.7 Å². The van der Waals surface area contributed by atoms with Crippen molar-refractivity contribution in [2.45, 2.75) is 13.8 Å². The fourth-order valence-electron chi connectivity index (χ4n) is 1.42. The summed E-state index contributed by atoms with van der Waals surface area (Å²) in [4.78, 5) is 0. The minimum absolute atomic E-state index is 0.726. The molecule has 0 saturated heterocycles. The Bertz CT molecular complexity index is 311. The summed E-state index contributed by atoms with van der Waals surface area (Å²) >= 11 is 0. The van der Waals surface area contributed by atoms with E-state index in [1.807, 2.05) is 33.0 Å². The molecule has 12 heavy (non-hydrogen) atoms. The molecule has 1 rings (SSSR count). The summed E-state index contributed by atoms with van der Waals surface area (Å²) < 4.78 is 0. The van der Waals surface area contributed by atoms with Gasteiger partial charge in [-0.3, -0.25) is 0 Å². The lowest BCUT2D eigenvalue weighted by Gasteiger charge is -2.08. The van der Waals surface area contributed by atoms with Crippen molar-refractivity contribution >= 4 is 5.69 Å². The Labute approximate surface area is 72.8 Å². The maximum atomic E-state index is 8.68. The average Bonchev–Trinajstić information content (AvgIpc) is 2.03. The number of rotatable bonds is 1. The van der Waals surface area contributed by atoms with E-state index in [1.165, 1.54) is 0 Å². The highest BCUT2D eigenvalue weighted by molar-refractivity contribution is 5.59. The largest absolute Gasteiger partial charge is 0.388 e. The van der Waals surface area contributed by atoms with E-state index < -0.39 is 0 Å². The van der Waals surface area contributed by atoms with Gasteiger partial charge >= 0.3 is 0 Å². The third-order valence-corrected chi connectivity index (χ3v) is 1.91. The number of hydrogen-bond acceptors (Lipinski definition) is 2. The number of nitrogens with one attached hydrogen (secondary N) is 1. The smallest absolute Gasteiger partial charge is 0.0991 e. The second-order valence-corrected chi connectivity index (χ2v) is 2.85. The van der Waals surface area contributed by atoms with Crippen LogP contribution >= 0.6 is 0 Å². The Morgan fingerprint density at radius 3 is 2.08 bits per heavy atom. The summed E-state index contributed by atoms with van der Waals surface area (Å²) in [7, 11) is 1.89. The molecule has 2 heteroatoms. The SMILES string of the molecule is CNc1c(C)cc(C#N)cc1C. The zero-order chi connectivity index (χ0) is 9.14. The van der Waals surface area contributed by atoms with Crippen LogP contribution in [0.2, 0.25) is 0 Å². The highest BCUT2D eigenvalue weighted by Gasteiger charge is 2.01. The van der Waals surface area contributed by atoms with Crippen LogP contribution in [0.15, 0.2) is 12.1 Å². The summed E-state index contributed by atoms with van der Waals surface area (Å²) in [6.45, 7) is 4.00.